The molecule has 1 atom stereocenters. The molecule has 1 fully saturated rings. The highest BCUT2D eigenvalue weighted by Gasteiger charge is 2.17. The van der Waals surface area contributed by atoms with Gasteiger partial charge >= 0.3 is 5.97 Å². The summed E-state index contributed by atoms with van der Waals surface area (Å²) < 4.78 is 5.08. The van der Waals surface area contributed by atoms with Gasteiger partial charge in [0.05, 0.1) is 0 Å². The van der Waals surface area contributed by atoms with Crippen molar-refractivity contribution >= 4 is 35.4 Å². The largest absolute Gasteiger partial charge is 0.482 e. The van der Waals surface area contributed by atoms with Crippen LogP contribution in [0, 0.1) is 0 Å². The molecule has 1 aliphatic rings. The molecule has 7 heteroatoms. The van der Waals surface area contributed by atoms with Gasteiger partial charge < -0.3 is 15.2 Å². The zero-order valence-electron chi connectivity index (χ0n) is 12.8. The van der Waals surface area contributed by atoms with Crippen molar-refractivity contribution in [3.05, 3.63) is 29.8 Å². The zero-order chi connectivity index (χ0) is 16.5. The number of hydrogen-bond donors (Lipinski definition) is 2. The minimum Gasteiger partial charge on any atom is -0.482 e. The molecule has 2 N–H and O–H groups in total. The van der Waals surface area contributed by atoms with E-state index in [1.54, 1.807) is 12.1 Å². The van der Waals surface area contributed by atoms with Crippen molar-refractivity contribution in [3.8, 4) is 5.75 Å². The summed E-state index contributed by atoms with van der Waals surface area (Å²) in [7, 11) is 0. The van der Waals surface area contributed by atoms with E-state index in [0.29, 0.717) is 24.0 Å². The Morgan fingerprint density at radius 3 is 2.70 bits per heavy atom. The second kappa shape index (κ2) is 9.72. The van der Waals surface area contributed by atoms with E-state index in [4.69, 9.17) is 9.84 Å². The molecule has 126 valence electrons. The van der Waals surface area contributed by atoms with Gasteiger partial charge in [0, 0.05) is 35.5 Å². The molecule has 0 aromatic heterocycles. The molecule has 1 heterocycles. The van der Waals surface area contributed by atoms with Crippen LogP contribution in [0.25, 0.3) is 0 Å². The number of nitrogens with one attached hydrogen (secondary N) is 1. The first-order chi connectivity index (χ1) is 11.1. The van der Waals surface area contributed by atoms with Gasteiger partial charge in [-0.15, -0.1) is 0 Å². The van der Waals surface area contributed by atoms with Crippen LogP contribution in [-0.2, 0) is 16.0 Å². The molecule has 2 rings (SSSR count). The molecule has 1 aliphatic heterocycles. The first kappa shape index (κ1) is 18.0. The first-order valence-electron chi connectivity index (χ1n) is 7.53. The summed E-state index contributed by atoms with van der Waals surface area (Å²) in [5, 5.41) is 12.0. The topological polar surface area (TPSA) is 75.6 Å². The summed E-state index contributed by atoms with van der Waals surface area (Å²) in [4.78, 5) is 22.3. The maximum Gasteiger partial charge on any atom is 0.341 e. The lowest BCUT2D eigenvalue weighted by Crippen LogP contribution is -2.30. The molecule has 1 aromatic rings. The first-order valence-corrected chi connectivity index (χ1v) is 9.73. The molecular formula is C16H21NO4S2. The third-order valence-corrected chi connectivity index (χ3v) is 6.16. The molecular weight excluding hydrogens is 334 g/mol. The smallest absolute Gasteiger partial charge is 0.341 e. The van der Waals surface area contributed by atoms with Gasteiger partial charge in [-0.05, 0) is 24.1 Å². The van der Waals surface area contributed by atoms with Crippen LogP contribution in [-0.4, -0.2) is 52.6 Å². The van der Waals surface area contributed by atoms with Gasteiger partial charge in [0.25, 0.3) is 0 Å². The van der Waals surface area contributed by atoms with Crippen molar-refractivity contribution in [1.29, 1.82) is 0 Å². The zero-order valence-corrected chi connectivity index (χ0v) is 14.5. The van der Waals surface area contributed by atoms with Crippen molar-refractivity contribution in [2.24, 2.45) is 0 Å². The van der Waals surface area contributed by atoms with Crippen LogP contribution in [0.15, 0.2) is 24.3 Å². The third-order valence-electron chi connectivity index (χ3n) is 3.32. The van der Waals surface area contributed by atoms with Crippen LogP contribution in [0.4, 0.5) is 0 Å². The van der Waals surface area contributed by atoms with Crippen LogP contribution in [0.2, 0.25) is 0 Å². The number of benzene rings is 1. The van der Waals surface area contributed by atoms with Gasteiger partial charge in [0.2, 0.25) is 5.91 Å². The number of thioether (sulfide) groups is 2. The lowest BCUT2D eigenvalue weighted by Gasteiger charge is -2.20. The molecule has 5 nitrogen and oxygen atoms in total. The molecule has 1 amide bonds. The van der Waals surface area contributed by atoms with E-state index in [-0.39, 0.29) is 12.5 Å². The number of aliphatic carboxylic acids is 1. The fourth-order valence-corrected chi connectivity index (χ4v) is 4.86. The highest BCUT2D eigenvalue weighted by Crippen LogP contribution is 2.26. The molecule has 1 saturated heterocycles. The Hall–Kier alpha value is -1.34. The Bertz CT molecular complexity index is 515. The van der Waals surface area contributed by atoms with Crippen LogP contribution in [0.5, 0.6) is 5.75 Å². The van der Waals surface area contributed by atoms with E-state index in [0.717, 1.165) is 23.5 Å². The van der Waals surface area contributed by atoms with Crippen molar-refractivity contribution < 1.29 is 19.4 Å². The molecule has 0 radical (unpaired) electrons. The number of ether oxygens (including phenoxy) is 1. The number of rotatable bonds is 8. The Balaban J connectivity index is 1.65. The van der Waals surface area contributed by atoms with Gasteiger partial charge in [-0.2, -0.15) is 23.5 Å². The summed E-state index contributed by atoms with van der Waals surface area (Å²) in [6.45, 7) is 0.269. The molecule has 0 bridgehead atoms. The number of carboxylic acids is 1. The van der Waals surface area contributed by atoms with Crippen molar-refractivity contribution in [2.75, 3.05) is 30.4 Å². The number of carbonyl (C=O) groups excluding carboxylic acids is 1. The lowest BCUT2D eigenvalue weighted by atomic mass is 10.1. The average molecular weight is 355 g/mol. The van der Waals surface area contributed by atoms with E-state index in [1.165, 1.54) is 5.75 Å². The predicted octanol–water partition coefficient (Wildman–Crippen LogP) is 2.05. The minimum absolute atomic E-state index is 0.117. The van der Waals surface area contributed by atoms with E-state index < -0.39 is 5.97 Å². The molecule has 1 unspecified atom stereocenters. The molecule has 1 aromatic carbocycles. The fraction of sp³-hybridized carbons (Fsp3) is 0.500. The Kier molecular flexibility index (Phi) is 7.61. The SMILES string of the molecule is O=C(O)COc1ccc(CCNC(=O)CC2CSCCS2)cc1. The van der Waals surface area contributed by atoms with Crippen molar-refractivity contribution in [2.45, 2.75) is 18.1 Å². The summed E-state index contributed by atoms with van der Waals surface area (Å²) in [6.07, 6.45) is 1.34. The van der Waals surface area contributed by atoms with Gasteiger partial charge in [0.15, 0.2) is 6.61 Å². The Morgan fingerprint density at radius 2 is 2.04 bits per heavy atom. The van der Waals surface area contributed by atoms with Gasteiger partial charge in [-0.3, -0.25) is 4.79 Å². The highest BCUT2D eigenvalue weighted by atomic mass is 32.2. The molecule has 0 spiro atoms. The van der Waals surface area contributed by atoms with Crippen molar-refractivity contribution in [1.82, 2.24) is 5.32 Å². The summed E-state index contributed by atoms with van der Waals surface area (Å²) in [5.41, 5.74) is 1.08. The predicted molar refractivity (Wildman–Crippen MR) is 94.5 cm³/mol. The molecule has 23 heavy (non-hydrogen) atoms. The van der Waals surface area contributed by atoms with Crippen molar-refractivity contribution in [3.63, 3.8) is 0 Å². The second-order valence-corrected chi connectivity index (χ2v) is 7.76. The molecule has 0 saturated carbocycles. The number of hydrogen-bond acceptors (Lipinski definition) is 5. The summed E-state index contributed by atoms with van der Waals surface area (Å²) >= 11 is 3.82. The monoisotopic (exact) mass is 355 g/mol. The van der Waals surface area contributed by atoms with E-state index >= 15 is 0 Å². The average Bonchev–Trinajstić information content (AvgIpc) is 2.55. The summed E-state index contributed by atoms with van der Waals surface area (Å²) in [6, 6.07) is 7.26. The normalized spacial score (nSPS) is 17.5. The maximum atomic E-state index is 11.9. The minimum atomic E-state index is -0.994. The highest BCUT2D eigenvalue weighted by molar-refractivity contribution is 8.06. The van der Waals surface area contributed by atoms with Crippen LogP contribution >= 0.6 is 23.5 Å². The number of carboxylic acid groups (broad SMARTS) is 1. The van der Waals surface area contributed by atoms with E-state index in [9.17, 15) is 9.59 Å². The molecule has 0 aliphatic carbocycles. The quantitative estimate of drug-likeness (QED) is 0.743. The van der Waals surface area contributed by atoms with E-state index in [2.05, 4.69) is 5.32 Å². The van der Waals surface area contributed by atoms with Gasteiger partial charge in [0.1, 0.15) is 5.75 Å². The Morgan fingerprint density at radius 1 is 1.26 bits per heavy atom. The number of amides is 1. The second-order valence-electron chi connectivity index (χ2n) is 5.20. The van der Waals surface area contributed by atoms with Gasteiger partial charge in [-0.25, -0.2) is 4.79 Å². The van der Waals surface area contributed by atoms with E-state index in [1.807, 2.05) is 35.7 Å². The van der Waals surface area contributed by atoms with Crippen LogP contribution < -0.4 is 10.1 Å². The fourth-order valence-electron chi connectivity index (χ4n) is 2.18. The summed E-state index contributed by atoms with van der Waals surface area (Å²) in [5.74, 6) is 3.05. The lowest BCUT2D eigenvalue weighted by molar-refractivity contribution is -0.139. The van der Waals surface area contributed by atoms with Gasteiger partial charge in [-0.1, -0.05) is 12.1 Å². The van der Waals surface area contributed by atoms with Crippen LogP contribution in [0.3, 0.4) is 0 Å². The Labute approximate surface area is 144 Å². The maximum absolute atomic E-state index is 11.9. The standard InChI is InChI=1S/C16H21NO4S2/c18-15(9-14-11-22-7-8-23-14)17-6-5-12-1-3-13(4-2-12)21-10-16(19)20/h1-4,14H,5-11H2,(H,17,18)(H,19,20). The van der Waals surface area contributed by atoms with Crippen LogP contribution in [0.1, 0.15) is 12.0 Å². The number of carbonyl (C=O) groups is 2. The third kappa shape index (κ3) is 7.18.